The van der Waals surface area contributed by atoms with E-state index < -0.39 is 0 Å². The topological polar surface area (TPSA) is 80.7 Å². The fraction of sp³-hybridized carbons (Fsp3) is 0.412. The molecule has 2 aromatic rings. The van der Waals surface area contributed by atoms with Gasteiger partial charge >= 0.3 is 0 Å². The van der Waals surface area contributed by atoms with Gasteiger partial charge in [0.1, 0.15) is 0 Å². The van der Waals surface area contributed by atoms with E-state index in [4.69, 9.17) is 10.5 Å². The Morgan fingerprint density at radius 2 is 2.17 bits per heavy atom. The summed E-state index contributed by atoms with van der Waals surface area (Å²) in [7, 11) is 7.61. The molecule has 0 aliphatic carbocycles. The lowest BCUT2D eigenvalue weighted by Crippen LogP contribution is -2.27. The number of nitrogens with two attached hydrogens (primary N) is 1. The summed E-state index contributed by atoms with van der Waals surface area (Å²) in [6.07, 6.45) is 3.86. The lowest BCUT2D eigenvalue weighted by molar-refractivity contribution is 0.185. The number of methoxy groups -OCH3 is 1. The first-order chi connectivity index (χ1) is 11.5. The molecule has 0 aliphatic rings. The van der Waals surface area contributed by atoms with Gasteiger partial charge in [0.15, 0.2) is 5.96 Å². The number of aryl methyl sites for hydroxylation is 1. The molecule has 0 fully saturated rings. The predicted molar refractivity (Wildman–Crippen MR) is 96.9 cm³/mol. The molecule has 0 spiro atoms. The minimum Gasteiger partial charge on any atom is -0.380 e. The third kappa shape index (κ3) is 4.81. The summed E-state index contributed by atoms with van der Waals surface area (Å²) in [5, 5.41) is 7.38. The van der Waals surface area contributed by atoms with Crippen molar-refractivity contribution in [1.82, 2.24) is 14.7 Å². The minimum atomic E-state index is 0.119. The highest BCUT2D eigenvalue weighted by molar-refractivity contribution is 5.93. The quantitative estimate of drug-likeness (QED) is 0.595. The Hall–Kier alpha value is -2.38. The van der Waals surface area contributed by atoms with E-state index in [-0.39, 0.29) is 6.04 Å². The maximum absolute atomic E-state index is 6.06. The molecule has 1 aromatic carbocycles. The molecule has 1 atom stereocenters. The van der Waals surface area contributed by atoms with Crippen molar-refractivity contribution in [2.24, 2.45) is 17.8 Å². The van der Waals surface area contributed by atoms with Crippen molar-refractivity contribution < 1.29 is 4.74 Å². The molecule has 3 N–H and O–H groups in total. The Bertz CT molecular complexity index is 679. The number of para-hydroxylation sites is 1. The van der Waals surface area contributed by atoms with Crippen LogP contribution in [0.2, 0.25) is 0 Å². The van der Waals surface area contributed by atoms with Crippen molar-refractivity contribution in [1.29, 1.82) is 0 Å². The molecule has 2 rings (SSSR count). The number of nitrogens with zero attached hydrogens (tertiary/aromatic N) is 4. The number of ether oxygens (including phenoxy) is 1. The van der Waals surface area contributed by atoms with Crippen LogP contribution in [-0.4, -0.2) is 48.4 Å². The number of hydrogen-bond acceptors (Lipinski definition) is 4. The van der Waals surface area contributed by atoms with Gasteiger partial charge in [-0.05, 0) is 20.2 Å². The molecular formula is C17H26N6O. The van der Waals surface area contributed by atoms with Crippen LogP contribution in [0.4, 0.5) is 5.69 Å². The van der Waals surface area contributed by atoms with Crippen LogP contribution in [-0.2, 0) is 18.4 Å². The number of nitrogens with one attached hydrogen (secondary N) is 1. The highest BCUT2D eigenvalue weighted by Crippen LogP contribution is 2.18. The van der Waals surface area contributed by atoms with Gasteiger partial charge < -0.3 is 20.7 Å². The van der Waals surface area contributed by atoms with Crippen molar-refractivity contribution >= 4 is 11.6 Å². The molecule has 1 aromatic heterocycles. The third-order valence-electron chi connectivity index (χ3n) is 3.75. The normalized spacial score (nSPS) is 13.3. The zero-order chi connectivity index (χ0) is 17.5. The van der Waals surface area contributed by atoms with Crippen molar-refractivity contribution in [2.45, 2.75) is 12.6 Å². The van der Waals surface area contributed by atoms with Gasteiger partial charge in [-0.3, -0.25) is 9.67 Å². The van der Waals surface area contributed by atoms with Crippen LogP contribution in [0, 0.1) is 0 Å². The van der Waals surface area contributed by atoms with Gasteiger partial charge in [-0.25, -0.2) is 0 Å². The molecule has 0 amide bonds. The smallest absolute Gasteiger partial charge is 0.193 e. The second-order valence-corrected chi connectivity index (χ2v) is 5.87. The van der Waals surface area contributed by atoms with Crippen LogP contribution in [0.15, 0.2) is 41.7 Å². The Balaban J connectivity index is 2.07. The Morgan fingerprint density at radius 3 is 2.79 bits per heavy atom. The summed E-state index contributed by atoms with van der Waals surface area (Å²) in [6, 6.07) is 8.00. The Labute approximate surface area is 143 Å². The average Bonchev–Trinajstić information content (AvgIpc) is 2.95. The summed E-state index contributed by atoms with van der Waals surface area (Å²) >= 11 is 0. The molecule has 7 nitrogen and oxygen atoms in total. The zero-order valence-electron chi connectivity index (χ0n) is 14.7. The second kappa shape index (κ2) is 8.47. The van der Waals surface area contributed by atoms with Crippen LogP contribution in [0.3, 0.4) is 0 Å². The number of anilines is 1. The van der Waals surface area contributed by atoms with E-state index >= 15 is 0 Å². The maximum Gasteiger partial charge on any atom is 0.193 e. The first-order valence-electron chi connectivity index (χ1n) is 7.80. The molecule has 1 heterocycles. The second-order valence-electron chi connectivity index (χ2n) is 5.87. The van der Waals surface area contributed by atoms with Crippen molar-refractivity contribution in [2.75, 3.05) is 33.1 Å². The lowest BCUT2D eigenvalue weighted by Gasteiger charge is -2.21. The van der Waals surface area contributed by atoms with Gasteiger partial charge in [0, 0.05) is 37.2 Å². The largest absolute Gasteiger partial charge is 0.380 e. The van der Waals surface area contributed by atoms with Gasteiger partial charge in [0.25, 0.3) is 0 Å². The van der Waals surface area contributed by atoms with Crippen LogP contribution in [0.1, 0.15) is 17.2 Å². The molecule has 7 heteroatoms. The molecule has 0 radical (unpaired) electrons. The van der Waals surface area contributed by atoms with Crippen LogP contribution in [0.25, 0.3) is 0 Å². The number of rotatable bonds is 7. The number of likely N-dealkylation sites (N-methyl/N-ethyl adjacent to an activating group) is 1. The average molecular weight is 330 g/mol. The molecule has 0 saturated carbocycles. The summed E-state index contributed by atoms with van der Waals surface area (Å²) in [5.74, 6) is 0.384. The van der Waals surface area contributed by atoms with E-state index in [1.165, 1.54) is 0 Å². The fourth-order valence-electron chi connectivity index (χ4n) is 2.47. The summed E-state index contributed by atoms with van der Waals surface area (Å²) in [5.41, 5.74) is 9.11. The van der Waals surface area contributed by atoms with Gasteiger partial charge in [-0.2, -0.15) is 5.10 Å². The summed E-state index contributed by atoms with van der Waals surface area (Å²) in [6.45, 7) is 1.07. The molecule has 24 heavy (non-hydrogen) atoms. The first-order valence-corrected chi connectivity index (χ1v) is 7.80. The first kappa shape index (κ1) is 18.0. The van der Waals surface area contributed by atoms with Gasteiger partial charge in [-0.15, -0.1) is 0 Å². The molecule has 0 bridgehead atoms. The maximum atomic E-state index is 6.06. The Morgan fingerprint density at radius 1 is 1.42 bits per heavy atom. The minimum absolute atomic E-state index is 0.119. The van der Waals surface area contributed by atoms with Crippen LogP contribution < -0.4 is 11.1 Å². The predicted octanol–water partition coefficient (Wildman–Crippen LogP) is 1.60. The van der Waals surface area contributed by atoms with Crippen molar-refractivity contribution in [3.05, 3.63) is 47.8 Å². The highest BCUT2D eigenvalue weighted by atomic mass is 16.5. The summed E-state index contributed by atoms with van der Waals surface area (Å²) < 4.78 is 6.99. The molecule has 1 unspecified atom stereocenters. The number of guanidine groups is 1. The number of aromatic nitrogens is 2. The van der Waals surface area contributed by atoms with E-state index in [0.717, 1.165) is 16.8 Å². The number of benzene rings is 1. The lowest BCUT2D eigenvalue weighted by atomic mass is 10.1. The highest BCUT2D eigenvalue weighted by Gasteiger charge is 2.15. The van der Waals surface area contributed by atoms with E-state index in [1.54, 1.807) is 11.8 Å². The summed E-state index contributed by atoms with van der Waals surface area (Å²) in [4.78, 5) is 6.60. The SMILES string of the molecule is COCc1ccccc1NC(N)=NCC(c1cnn(C)c1)N(C)C. The monoisotopic (exact) mass is 330 g/mol. The number of hydrogen-bond donors (Lipinski definition) is 2. The molecule has 130 valence electrons. The van der Waals surface area contributed by atoms with Gasteiger partial charge in [0.2, 0.25) is 0 Å². The van der Waals surface area contributed by atoms with Crippen molar-refractivity contribution in [3.8, 4) is 0 Å². The Kier molecular flexibility index (Phi) is 6.34. The number of aliphatic imine (C=N–C) groups is 1. The zero-order valence-corrected chi connectivity index (χ0v) is 14.7. The van der Waals surface area contributed by atoms with Crippen molar-refractivity contribution in [3.63, 3.8) is 0 Å². The van der Waals surface area contributed by atoms with E-state index in [1.807, 2.05) is 57.8 Å². The molecule has 0 aliphatic heterocycles. The van der Waals surface area contributed by atoms with Gasteiger partial charge in [0.05, 0.1) is 25.4 Å². The van der Waals surface area contributed by atoms with Crippen LogP contribution >= 0.6 is 0 Å². The third-order valence-corrected chi connectivity index (χ3v) is 3.75. The van der Waals surface area contributed by atoms with Gasteiger partial charge in [-0.1, -0.05) is 18.2 Å². The standard InChI is InChI=1S/C17H26N6O/c1-22(2)16(14-9-20-23(3)11-14)10-19-17(18)21-15-8-6-5-7-13(15)12-24-4/h5-9,11,16H,10,12H2,1-4H3,(H3,18,19,21). The van der Waals surface area contributed by atoms with E-state index in [2.05, 4.69) is 20.3 Å². The fourth-order valence-corrected chi connectivity index (χ4v) is 2.47. The molecule has 0 saturated heterocycles. The van der Waals surface area contributed by atoms with Crippen LogP contribution in [0.5, 0.6) is 0 Å². The van der Waals surface area contributed by atoms with E-state index in [9.17, 15) is 0 Å². The van der Waals surface area contributed by atoms with E-state index in [0.29, 0.717) is 19.1 Å². The molecular weight excluding hydrogens is 304 g/mol.